The maximum absolute atomic E-state index is 11.5. The number of hydrogen-bond donors (Lipinski definition) is 2. The molecule has 6 heteroatoms. The molecule has 0 aromatic rings. The lowest BCUT2D eigenvalue weighted by atomic mass is 10.2. The predicted octanol–water partition coefficient (Wildman–Crippen LogP) is 0.644. The summed E-state index contributed by atoms with van der Waals surface area (Å²) in [6, 6.07) is 0. The number of unbranched alkanes of at least 4 members (excludes halogenated alkanes) is 1. The first-order chi connectivity index (χ1) is 7.02. The summed E-state index contributed by atoms with van der Waals surface area (Å²) in [5.41, 5.74) is 5.30. The van der Waals surface area contributed by atoms with Gasteiger partial charge in [0.25, 0.3) is 0 Å². The van der Waals surface area contributed by atoms with Crippen LogP contribution < -0.4 is 10.5 Å². The van der Waals surface area contributed by atoms with Crippen molar-refractivity contribution in [2.24, 2.45) is 11.7 Å². The van der Waals surface area contributed by atoms with Crippen molar-refractivity contribution >= 4 is 21.8 Å². The van der Waals surface area contributed by atoms with Gasteiger partial charge in [0, 0.05) is 6.54 Å². The average molecular weight is 254 g/mol. The molecule has 0 fully saturated rings. The number of nitrogens with one attached hydrogen (secondary N) is 1. The zero-order valence-electron chi connectivity index (χ0n) is 9.53. The van der Waals surface area contributed by atoms with Gasteiger partial charge in [-0.2, -0.15) is 11.8 Å². The van der Waals surface area contributed by atoms with E-state index in [4.69, 9.17) is 5.73 Å². The molecule has 0 aliphatic rings. The molecule has 4 nitrogen and oxygen atoms in total. The van der Waals surface area contributed by atoms with Crippen molar-refractivity contribution in [2.45, 2.75) is 19.8 Å². The van der Waals surface area contributed by atoms with Crippen LogP contribution in [0.3, 0.4) is 0 Å². The lowest BCUT2D eigenvalue weighted by Crippen LogP contribution is -2.31. The Bertz CT molecular complexity index is 242. The molecule has 1 atom stereocenters. The van der Waals surface area contributed by atoms with Crippen molar-refractivity contribution in [3.05, 3.63) is 0 Å². The zero-order valence-corrected chi connectivity index (χ0v) is 11.2. The van der Waals surface area contributed by atoms with E-state index in [9.17, 15) is 8.42 Å². The second-order valence-corrected chi connectivity index (χ2v) is 6.56. The van der Waals surface area contributed by atoms with Crippen molar-refractivity contribution in [1.82, 2.24) is 4.72 Å². The summed E-state index contributed by atoms with van der Waals surface area (Å²) in [5, 5.41) is 0. The zero-order chi connectivity index (χ0) is 11.7. The first kappa shape index (κ1) is 15.2. The first-order valence-corrected chi connectivity index (χ1v) is 8.22. The van der Waals surface area contributed by atoms with E-state index < -0.39 is 10.0 Å². The second kappa shape index (κ2) is 8.38. The minimum Gasteiger partial charge on any atom is -0.330 e. The largest absolute Gasteiger partial charge is 0.330 e. The summed E-state index contributed by atoms with van der Waals surface area (Å²) in [4.78, 5) is 0. The van der Waals surface area contributed by atoms with Crippen LogP contribution in [-0.2, 0) is 10.0 Å². The Morgan fingerprint density at radius 2 is 2.07 bits per heavy atom. The van der Waals surface area contributed by atoms with E-state index in [1.807, 2.05) is 13.2 Å². The van der Waals surface area contributed by atoms with Crippen LogP contribution in [0.1, 0.15) is 19.8 Å². The van der Waals surface area contributed by atoms with E-state index in [0.29, 0.717) is 25.4 Å². The first-order valence-electron chi connectivity index (χ1n) is 5.18. The van der Waals surface area contributed by atoms with Gasteiger partial charge < -0.3 is 5.73 Å². The standard InChI is InChI=1S/C9H22N2O2S2/c1-9(8-14-2)7-11-15(12,13)6-4-3-5-10/h9,11H,3-8,10H2,1-2H3. The highest BCUT2D eigenvalue weighted by Gasteiger charge is 2.10. The quantitative estimate of drug-likeness (QED) is 0.592. The van der Waals surface area contributed by atoms with Crippen LogP contribution in [0.2, 0.25) is 0 Å². The molecule has 0 amide bonds. The third-order valence-corrected chi connectivity index (χ3v) is 4.31. The summed E-state index contributed by atoms with van der Waals surface area (Å²) >= 11 is 1.73. The van der Waals surface area contributed by atoms with Crippen LogP contribution >= 0.6 is 11.8 Å². The summed E-state index contributed by atoms with van der Waals surface area (Å²) in [6.45, 7) is 3.13. The van der Waals surface area contributed by atoms with E-state index >= 15 is 0 Å². The van der Waals surface area contributed by atoms with Gasteiger partial charge in [-0.1, -0.05) is 6.92 Å². The molecule has 0 bridgehead atoms. The van der Waals surface area contributed by atoms with Gasteiger partial charge in [0.1, 0.15) is 0 Å². The van der Waals surface area contributed by atoms with Crippen molar-refractivity contribution in [1.29, 1.82) is 0 Å². The van der Waals surface area contributed by atoms with Crippen molar-refractivity contribution < 1.29 is 8.42 Å². The average Bonchev–Trinajstić information content (AvgIpc) is 2.16. The fourth-order valence-electron chi connectivity index (χ4n) is 1.12. The van der Waals surface area contributed by atoms with Crippen molar-refractivity contribution in [2.75, 3.05) is 30.9 Å². The third-order valence-electron chi connectivity index (χ3n) is 1.97. The number of thioether (sulfide) groups is 1. The van der Waals surface area contributed by atoms with Gasteiger partial charge in [0.2, 0.25) is 10.0 Å². The SMILES string of the molecule is CSCC(C)CNS(=O)(=O)CCCCN. The lowest BCUT2D eigenvalue weighted by Gasteiger charge is -2.11. The molecule has 0 saturated heterocycles. The molecule has 0 spiro atoms. The number of sulfonamides is 1. The minimum absolute atomic E-state index is 0.191. The number of hydrogen-bond acceptors (Lipinski definition) is 4. The Balaban J connectivity index is 3.73. The van der Waals surface area contributed by atoms with E-state index in [0.717, 1.165) is 12.2 Å². The molecule has 0 saturated carbocycles. The maximum atomic E-state index is 11.5. The Morgan fingerprint density at radius 3 is 2.60 bits per heavy atom. The van der Waals surface area contributed by atoms with Crippen LogP contribution in [0.4, 0.5) is 0 Å². The number of nitrogens with two attached hydrogens (primary N) is 1. The third kappa shape index (κ3) is 9.17. The van der Waals surface area contributed by atoms with Crippen molar-refractivity contribution in [3.63, 3.8) is 0 Å². The van der Waals surface area contributed by atoms with E-state index in [1.54, 1.807) is 11.8 Å². The minimum atomic E-state index is -3.08. The fraction of sp³-hybridized carbons (Fsp3) is 1.00. The van der Waals surface area contributed by atoms with E-state index in [1.165, 1.54) is 0 Å². The van der Waals surface area contributed by atoms with Crippen LogP contribution in [-0.4, -0.2) is 39.3 Å². The molecule has 0 aromatic carbocycles. The predicted molar refractivity (Wildman–Crippen MR) is 67.6 cm³/mol. The molecule has 0 aliphatic carbocycles. The molecule has 1 unspecified atom stereocenters. The van der Waals surface area contributed by atoms with E-state index in [2.05, 4.69) is 4.72 Å². The summed E-state index contributed by atoms with van der Waals surface area (Å²) in [6.07, 6.45) is 3.43. The molecule has 0 aromatic heterocycles. The summed E-state index contributed by atoms with van der Waals surface area (Å²) in [5.74, 6) is 1.55. The fourth-order valence-corrected chi connectivity index (χ4v) is 3.08. The van der Waals surface area contributed by atoms with Gasteiger partial charge in [0.15, 0.2) is 0 Å². The molecule has 0 rings (SSSR count). The Morgan fingerprint density at radius 1 is 1.40 bits per heavy atom. The van der Waals surface area contributed by atoms with Gasteiger partial charge in [0.05, 0.1) is 5.75 Å². The Hall–Kier alpha value is 0.220. The molecule has 92 valence electrons. The lowest BCUT2D eigenvalue weighted by molar-refractivity contribution is 0.559. The van der Waals surface area contributed by atoms with Crippen LogP contribution in [0.15, 0.2) is 0 Å². The Labute approximate surface area is 97.4 Å². The normalized spacial score (nSPS) is 14.1. The highest BCUT2D eigenvalue weighted by Crippen LogP contribution is 2.03. The smallest absolute Gasteiger partial charge is 0.211 e. The number of rotatable bonds is 9. The molecule has 3 N–H and O–H groups in total. The topological polar surface area (TPSA) is 72.2 Å². The molecule has 0 aliphatic heterocycles. The second-order valence-electron chi connectivity index (χ2n) is 3.72. The molecule has 0 radical (unpaired) electrons. The monoisotopic (exact) mass is 254 g/mol. The highest BCUT2D eigenvalue weighted by atomic mass is 32.2. The van der Waals surface area contributed by atoms with Crippen LogP contribution in [0, 0.1) is 5.92 Å². The van der Waals surface area contributed by atoms with Crippen LogP contribution in [0.25, 0.3) is 0 Å². The maximum Gasteiger partial charge on any atom is 0.211 e. The highest BCUT2D eigenvalue weighted by molar-refractivity contribution is 7.98. The van der Waals surface area contributed by atoms with E-state index in [-0.39, 0.29) is 5.75 Å². The summed E-state index contributed by atoms with van der Waals surface area (Å²) < 4.78 is 25.5. The summed E-state index contributed by atoms with van der Waals surface area (Å²) in [7, 11) is -3.08. The van der Waals surface area contributed by atoms with Crippen molar-refractivity contribution in [3.8, 4) is 0 Å². The van der Waals surface area contributed by atoms with Crippen LogP contribution in [0.5, 0.6) is 0 Å². The molecular formula is C9H22N2O2S2. The van der Waals surface area contributed by atoms with Gasteiger partial charge in [-0.15, -0.1) is 0 Å². The van der Waals surface area contributed by atoms with Gasteiger partial charge in [-0.25, -0.2) is 13.1 Å². The Kier molecular flexibility index (Phi) is 8.50. The van der Waals surface area contributed by atoms with Gasteiger partial charge in [-0.3, -0.25) is 0 Å². The molecular weight excluding hydrogens is 232 g/mol. The molecule has 0 heterocycles. The van der Waals surface area contributed by atoms with Gasteiger partial charge in [-0.05, 0) is 37.3 Å². The van der Waals surface area contributed by atoms with Gasteiger partial charge >= 0.3 is 0 Å². The molecule has 15 heavy (non-hydrogen) atoms.